The minimum absolute atomic E-state index is 0.0212. The monoisotopic (exact) mass is 374 g/mol. The summed E-state index contributed by atoms with van der Waals surface area (Å²) >= 11 is 0. The van der Waals surface area contributed by atoms with Crippen molar-refractivity contribution >= 4 is 16.0 Å². The van der Waals surface area contributed by atoms with Crippen LogP contribution in [0.4, 0.5) is 0 Å². The summed E-state index contributed by atoms with van der Waals surface area (Å²) in [7, 11) is -0.564. The number of carbonyl (C=O) groups is 1. The van der Waals surface area contributed by atoms with Crippen LogP contribution in [0.25, 0.3) is 0 Å². The average Bonchev–Trinajstić information content (AvgIpc) is 2.65. The van der Waals surface area contributed by atoms with Crippen molar-refractivity contribution < 1.29 is 22.7 Å². The van der Waals surface area contributed by atoms with Gasteiger partial charge in [-0.25, -0.2) is 17.5 Å². The fraction of sp³-hybridized carbons (Fsp3) is 0.222. The van der Waals surface area contributed by atoms with Crippen LogP contribution in [0.1, 0.15) is 15.9 Å². The highest BCUT2D eigenvalue weighted by atomic mass is 32.2. The topological polar surface area (TPSA) is 96.7 Å². The lowest BCUT2D eigenvalue weighted by molar-refractivity contribution is 0.0450. The molecule has 0 aromatic heterocycles. The summed E-state index contributed by atoms with van der Waals surface area (Å²) in [6, 6.07) is 14.1. The Balaban J connectivity index is 1.85. The summed E-state index contributed by atoms with van der Waals surface area (Å²) in [4.78, 5) is 12.0. The van der Waals surface area contributed by atoms with Crippen LogP contribution < -0.4 is 4.74 Å². The van der Waals surface area contributed by atoms with Crippen molar-refractivity contribution in [2.45, 2.75) is 4.90 Å². The first kappa shape index (κ1) is 19.4. The van der Waals surface area contributed by atoms with Gasteiger partial charge in [-0.05, 0) is 42.5 Å². The van der Waals surface area contributed by atoms with Gasteiger partial charge in [-0.2, -0.15) is 5.26 Å². The van der Waals surface area contributed by atoms with Crippen LogP contribution in [0.3, 0.4) is 0 Å². The number of nitrogens with zero attached hydrogens (tertiary/aromatic N) is 2. The highest BCUT2D eigenvalue weighted by molar-refractivity contribution is 7.89. The third-order valence-corrected chi connectivity index (χ3v) is 5.24. The third kappa shape index (κ3) is 4.81. The maximum Gasteiger partial charge on any atom is 0.338 e. The third-order valence-electron chi connectivity index (χ3n) is 3.41. The van der Waals surface area contributed by atoms with Gasteiger partial charge in [0.25, 0.3) is 0 Å². The van der Waals surface area contributed by atoms with Gasteiger partial charge in [0.1, 0.15) is 19.0 Å². The second kappa shape index (κ2) is 8.47. The van der Waals surface area contributed by atoms with Gasteiger partial charge >= 0.3 is 5.97 Å². The molecule has 0 unspecified atom stereocenters. The number of esters is 1. The first-order valence-corrected chi connectivity index (χ1v) is 9.11. The molecule has 0 radical (unpaired) electrons. The van der Waals surface area contributed by atoms with Gasteiger partial charge < -0.3 is 9.47 Å². The highest BCUT2D eigenvalue weighted by Gasteiger charge is 2.16. The Morgan fingerprint density at radius 3 is 2.42 bits per heavy atom. The van der Waals surface area contributed by atoms with E-state index >= 15 is 0 Å². The van der Waals surface area contributed by atoms with Crippen molar-refractivity contribution in [3.8, 4) is 11.8 Å². The molecule has 8 heteroatoms. The fourth-order valence-electron chi connectivity index (χ4n) is 2.01. The summed E-state index contributed by atoms with van der Waals surface area (Å²) in [5.41, 5.74) is 0.672. The molecule has 0 aliphatic carbocycles. The molecule has 0 N–H and O–H groups in total. The first-order valence-electron chi connectivity index (χ1n) is 7.67. The van der Waals surface area contributed by atoms with E-state index in [0.29, 0.717) is 16.9 Å². The summed E-state index contributed by atoms with van der Waals surface area (Å²) < 4.78 is 35.6. The number of ether oxygens (including phenoxy) is 2. The van der Waals surface area contributed by atoms with Crippen LogP contribution in [-0.2, 0) is 14.8 Å². The zero-order chi connectivity index (χ0) is 19.2. The molecule has 2 aromatic carbocycles. The molecule has 136 valence electrons. The number of sulfonamides is 1. The van der Waals surface area contributed by atoms with Crippen LogP contribution in [0, 0.1) is 11.3 Å². The Labute approximate surface area is 152 Å². The number of rotatable bonds is 7. The minimum Gasteiger partial charge on any atom is -0.490 e. The number of hydrogen-bond acceptors (Lipinski definition) is 6. The van der Waals surface area contributed by atoms with Crippen molar-refractivity contribution in [2.24, 2.45) is 0 Å². The van der Waals surface area contributed by atoms with Gasteiger partial charge in [0.15, 0.2) is 0 Å². The van der Waals surface area contributed by atoms with Gasteiger partial charge in [0.05, 0.1) is 22.1 Å². The van der Waals surface area contributed by atoms with E-state index in [2.05, 4.69) is 0 Å². The molecule has 0 spiro atoms. The van der Waals surface area contributed by atoms with Gasteiger partial charge in [-0.1, -0.05) is 6.07 Å². The molecule has 0 atom stereocenters. The normalized spacial score (nSPS) is 11.0. The Bertz CT molecular complexity index is 915. The predicted octanol–water partition coefficient (Wildman–Crippen LogP) is 2.04. The lowest BCUT2D eigenvalue weighted by Gasteiger charge is -2.12. The quantitative estimate of drug-likeness (QED) is 0.543. The van der Waals surface area contributed by atoms with Crippen molar-refractivity contribution in [1.82, 2.24) is 4.31 Å². The predicted molar refractivity (Wildman–Crippen MR) is 94.2 cm³/mol. The van der Waals surface area contributed by atoms with Crippen LogP contribution in [0.5, 0.6) is 5.75 Å². The number of hydrogen-bond donors (Lipinski definition) is 0. The Morgan fingerprint density at radius 1 is 1.12 bits per heavy atom. The zero-order valence-corrected chi connectivity index (χ0v) is 15.2. The smallest absolute Gasteiger partial charge is 0.338 e. The molecule has 26 heavy (non-hydrogen) atoms. The maximum atomic E-state index is 12.0. The Kier molecular flexibility index (Phi) is 6.33. The van der Waals surface area contributed by atoms with E-state index in [9.17, 15) is 13.2 Å². The first-order chi connectivity index (χ1) is 12.3. The van der Waals surface area contributed by atoms with Crippen LogP contribution in [0.2, 0.25) is 0 Å². The van der Waals surface area contributed by atoms with E-state index in [1.807, 2.05) is 6.07 Å². The Morgan fingerprint density at radius 2 is 1.81 bits per heavy atom. The van der Waals surface area contributed by atoms with Gasteiger partial charge in [0.2, 0.25) is 10.0 Å². The minimum atomic E-state index is -3.48. The molecule has 0 bridgehead atoms. The molecule has 7 nitrogen and oxygen atoms in total. The zero-order valence-electron chi connectivity index (χ0n) is 14.4. The van der Waals surface area contributed by atoms with Crippen LogP contribution in [0.15, 0.2) is 53.4 Å². The van der Waals surface area contributed by atoms with Crippen molar-refractivity contribution in [1.29, 1.82) is 5.26 Å². The molecule has 0 fully saturated rings. The summed E-state index contributed by atoms with van der Waals surface area (Å²) in [6.45, 7) is 0.136. The highest BCUT2D eigenvalue weighted by Crippen LogP contribution is 2.18. The summed E-state index contributed by atoms with van der Waals surface area (Å²) in [5, 5.41) is 8.82. The van der Waals surface area contributed by atoms with Crippen LogP contribution >= 0.6 is 0 Å². The van der Waals surface area contributed by atoms with Crippen molar-refractivity contribution in [2.75, 3.05) is 27.3 Å². The number of benzene rings is 2. The van der Waals surface area contributed by atoms with Gasteiger partial charge in [-0.3, -0.25) is 0 Å². The van der Waals surface area contributed by atoms with E-state index in [1.54, 1.807) is 18.2 Å². The lowest BCUT2D eigenvalue weighted by atomic mass is 10.1. The van der Waals surface area contributed by atoms with E-state index in [4.69, 9.17) is 14.7 Å². The van der Waals surface area contributed by atoms with Gasteiger partial charge in [0, 0.05) is 14.1 Å². The second-order valence-corrected chi connectivity index (χ2v) is 7.59. The Hall–Kier alpha value is -2.89. The molecule has 2 rings (SSSR count). The van der Waals surface area contributed by atoms with Crippen molar-refractivity contribution in [3.05, 3.63) is 59.7 Å². The number of carbonyl (C=O) groups excluding carboxylic acids is 1. The summed E-state index contributed by atoms with van der Waals surface area (Å²) in [6.07, 6.45) is 0. The average molecular weight is 374 g/mol. The molecule has 0 saturated heterocycles. The molecular weight excluding hydrogens is 356 g/mol. The van der Waals surface area contributed by atoms with E-state index in [-0.39, 0.29) is 18.1 Å². The van der Waals surface area contributed by atoms with E-state index < -0.39 is 16.0 Å². The standard InChI is InChI=1S/C18H18N2O5S/c1-20(2)26(22,23)17-8-6-16(7-9-17)24-10-11-25-18(21)15-5-3-4-14(12-15)13-19/h3-9,12H,10-11H2,1-2H3. The molecule has 0 heterocycles. The van der Waals surface area contributed by atoms with Crippen LogP contribution in [-0.4, -0.2) is 46.0 Å². The lowest BCUT2D eigenvalue weighted by Crippen LogP contribution is -2.22. The second-order valence-electron chi connectivity index (χ2n) is 5.44. The molecular formula is C18H18N2O5S. The van der Waals surface area contributed by atoms with E-state index in [1.165, 1.54) is 44.4 Å². The molecule has 0 saturated carbocycles. The van der Waals surface area contributed by atoms with Crippen molar-refractivity contribution in [3.63, 3.8) is 0 Å². The fourth-order valence-corrected chi connectivity index (χ4v) is 2.91. The maximum absolute atomic E-state index is 12.0. The molecule has 0 aliphatic heterocycles. The van der Waals surface area contributed by atoms with Gasteiger partial charge in [-0.15, -0.1) is 0 Å². The molecule has 0 amide bonds. The molecule has 0 aliphatic rings. The van der Waals surface area contributed by atoms with E-state index in [0.717, 1.165) is 4.31 Å². The largest absolute Gasteiger partial charge is 0.490 e. The number of nitriles is 1. The summed E-state index contributed by atoms with van der Waals surface area (Å²) in [5.74, 6) is -0.0802. The molecule has 2 aromatic rings. The SMILES string of the molecule is CN(C)S(=O)(=O)c1ccc(OCCOC(=O)c2cccc(C#N)c2)cc1.